The normalized spacial score (nSPS) is 11.6. The molecule has 0 aliphatic carbocycles. The lowest BCUT2D eigenvalue weighted by Gasteiger charge is -2.06. The van der Waals surface area contributed by atoms with Crippen molar-refractivity contribution in [3.05, 3.63) is 65.4 Å². The van der Waals surface area contributed by atoms with Crippen molar-refractivity contribution in [3.63, 3.8) is 0 Å². The summed E-state index contributed by atoms with van der Waals surface area (Å²) in [7, 11) is -3.69. The highest BCUT2D eigenvalue weighted by Crippen LogP contribution is 2.24. The minimum atomic E-state index is -3.69. The Morgan fingerprint density at radius 2 is 1.64 bits per heavy atom. The van der Waals surface area contributed by atoms with Gasteiger partial charge < -0.3 is 0 Å². The molecule has 0 radical (unpaired) electrons. The fourth-order valence-corrected chi connectivity index (χ4v) is 4.07. The number of aryl methyl sites for hydroxylation is 2. The minimum absolute atomic E-state index is 0.00125. The van der Waals surface area contributed by atoms with Crippen molar-refractivity contribution in [2.24, 2.45) is 0 Å². The first-order valence-electron chi connectivity index (χ1n) is 8.33. The Morgan fingerprint density at radius 1 is 0.960 bits per heavy atom. The van der Waals surface area contributed by atoms with Crippen molar-refractivity contribution in [1.82, 2.24) is 15.0 Å². The standard InChI is InChI=1S/C19H21N3O2S/c1-4-15-9-11-18(12-10-15)25(23,24)19-14(3)22(21-20-19)17-8-6-7-16(5-2)13-17/h6-13H,4-5H2,1-3H3. The highest BCUT2D eigenvalue weighted by atomic mass is 32.2. The Morgan fingerprint density at radius 3 is 2.28 bits per heavy atom. The molecule has 0 saturated heterocycles. The first kappa shape index (κ1) is 17.4. The van der Waals surface area contributed by atoms with Crippen LogP contribution in [0.1, 0.15) is 30.7 Å². The second kappa shape index (κ2) is 6.80. The van der Waals surface area contributed by atoms with Crippen LogP contribution in [0.3, 0.4) is 0 Å². The molecule has 0 unspecified atom stereocenters. The third kappa shape index (κ3) is 3.22. The lowest BCUT2D eigenvalue weighted by Crippen LogP contribution is -2.06. The lowest BCUT2D eigenvalue weighted by molar-refractivity contribution is 0.591. The summed E-state index contributed by atoms with van der Waals surface area (Å²) in [5.74, 6) is 0. The maximum absolute atomic E-state index is 12.9. The predicted molar refractivity (Wildman–Crippen MR) is 96.7 cm³/mol. The number of hydrogen-bond donors (Lipinski definition) is 0. The van der Waals surface area contributed by atoms with E-state index in [1.165, 1.54) is 0 Å². The molecule has 0 bridgehead atoms. The van der Waals surface area contributed by atoms with Gasteiger partial charge in [0.15, 0.2) is 0 Å². The lowest BCUT2D eigenvalue weighted by atomic mass is 10.1. The van der Waals surface area contributed by atoms with E-state index in [0.29, 0.717) is 5.69 Å². The smallest absolute Gasteiger partial charge is 0.217 e. The molecule has 0 fully saturated rings. The van der Waals surface area contributed by atoms with E-state index >= 15 is 0 Å². The van der Waals surface area contributed by atoms with Gasteiger partial charge in [0.2, 0.25) is 14.9 Å². The van der Waals surface area contributed by atoms with Gasteiger partial charge in [-0.3, -0.25) is 0 Å². The predicted octanol–water partition coefficient (Wildman–Crippen LogP) is 3.53. The topological polar surface area (TPSA) is 64.8 Å². The molecule has 0 spiro atoms. The van der Waals surface area contributed by atoms with Gasteiger partial charge in [-0.05, 0) is 55.2 Å². The Hall–Kier alpha value is -2.47. The van der Waals surface area contributed by atoms with Gasteiger partial charge in [0, 0.05) is 0 Å². The van der Waals surface area contributed by atoms with Crippen molar-refractivity contribution in [2.45, 2.75) is 43.5 Å². The molecular formula is C19H21N3O2S. The molecule has 5 nitrogen and oxygen atoms in total. The van der Waals surface area contributed by atoms with Crippen LogP contribution < -0.4 is 0 Å². The molecule has 0 amide bonds. The molecule has 0 atom stereocenters. The van der Waals surface area contributed by atoms with Crippen molar-refractivity contribution < 1.29 is 8.42 Å². The van der Waals surface area contributed by atoms with Crippen LogP contribution in [0.25, 0.3) is 5.69 Å². The maximum Gasteiger partial charge on any atom is 0.227 e. The number of nitrogens with zero attached hydrogens (tertiary/aromatic N) is 3. The van der Waals surface area contributed by atoms with Gasteiger partial charge in [-0.1, -0.05) is 43.3 Å². The molecule has 0 aliphatic rings. The first-order valence-corrected chi connectivity index (χ1v) is 9.81. The molecule has 2 aromatic carbocycles. The van der Waals surface area contributed by atoms with Crippen LogP contribution in [-0.4, -0.2) is 23.4 Å². The van der Waals surface area contributed by atoms with Gasteiger partial charge >= 0.3 is 0 Å². The quantitative estimate of drug-likeness (QED) is 0.702. The van der Waals surface area contributed by atoms with E-state index in [2.05, 4.69) is 17.2 Å². The third-order valence-corrected chi connectivity index (χ3v) is 6.09. The fraction of sp³-hybridized carbons (Fsp3) is 0.263. The van der Waals surface area contributed by atoms with Crippen LogP contribution in [0.15, 0.2) is 58.5 Å². The highest BCUT2D eigenvalue weighted by Gasteiger charge is 2.25. The molecule has 3 aromatic rings. The van der Waals surface area contributed by atoms with Crippen molar-refractivity contribution in [2.75, 3.05) is 0 Å². The SMILES string of the molecule is CCc1ccc(S(=O)(=O)c2nnn(-c3cccc(CC)c3)c2C)cc1. The average Bonchev–Trinajstić information content (AvgIpc) is 3.04. The summed E-state index contributed by atoms with van der Waals surface area (Å²) in [5.41, 5.74) is 3.57. The van der Waals surface area contributed by atoms with E-state index < -0.39 is 9.84 Å². The monoisotopic (exact) mass is 355 g/mol. The summed E-state index contributed by atoms with van der Waals surface area (Å²) >= 11 is 0. The van der Waals surface area contributed by atoms with Crippen LogP contribution in [0.2, 0.25) is 0 Å². The van der Waals surface area contributed by atoms with E-state index in [1.54, 1.807) is 23.7 Å². The average molecular weight is 355 g/mol. The number of rotatable bonds is 5. The highest BCUT2D eigenvalue weighted by molar-refractivity contribution is 7.91. The van der Waals surface area contributed by atoms with E-state index in [4.69, 9.17) is 0 Å². The van der Waals surface area contributed by atoms with E-state index in [-0.39, 0.29) is 9.92 Å². The van der Waals surface area contributed by atoms with Gasteiger partial charge in [0.25, 0.3) is 0 Å². The molecule has 0 saturated carbocycles. The van der Waals surface area contributed by atoms with Crippen molar-refractivity contribution >= 4 is 9.84 Å². The van der Waals surface area contributed by atoms with E-state index in [9.17, 15) is 8.42 Å². The summed E-state index contributed by atoms with van der Waals surface area (Å²) in [4.78, 5) is 0.238. The second-order valence-corrected chi connectivity index (χ2v) is 7.78. The minimum Gasteiger partial charge on any atom is -0.217 e. The molecule has 130 valence electrons. The molecular weight excluding hydrogens is 334 g/mol. The molecule has 0 N–H and O–H groups in total. The zero-order valence-corrected chi connectivity index (χ0v) is 15.4. The zero-order valence-electron chi connectivity index (χ0n) is 14.6. The molecule has 1 aromatic heterocycles. The largest absolute Gasteiger partial charge is 0.227 e. The third-order valence-electron chi connectivity index (χ3n) is 4.31. The van der Waals surface area contributed by atoms with Gasteiger partial charge in [0.05, 0.1) is 16.3 Å². The van der Waals surface area contributed by atoms with Crippen LogP contribution in [0.4, 0.5) is 0 Å². The zero-order chi connectivity index (χ0) is 18.0. The van der Waals surface area contributed by atoms with Crippen molar-refractivity contribution in [1.29, 1.82) is 0 Å². The number of aromatic nitrogens is 3. The van der Waals surface area contributed by atoms with E-state index in [0.717, 1.165) is 29.7 Å². The molecule has 6 heteroatoms. The Kier molecular flexibility index (Phi) is 4.72. The molecule has 3 rings (SSSR count). The van der Waals surface area contributed by atoms with Crippen LogP contribution in [0.5, 0.6) is 0 Å². The Labute approximate surface area is 148 Å². The van der Waals surface area contributed by atoms with Gasteiger partial charge in [-0.2, -0.15) is 0 Å². The summed E-state index contributed by atoms with van der Waals surface area (Å²) in [6.07, 6.45) is 1.76. The summed E-state index contributed by atoms with van der Waals surface area (Å²) in [6.45, 7) is 5.83. The van der Waals surface area contributed by atoms with Gasteiger partial charge in [-0.15, -0.1) is 5.10 Å². The summed E-state index contributed by atoms with van der Waals surface area (Å²) < 4.78 is 27.4. The molecule has 25 heavy (non-hydrogen) atoms. The van der Waals surface area contributed by atoms with Crippen LogP contribution in [0, 0.1) is 6.92 Å². The Bertz CT molecular complexity index is 990. The van der Waals surface area contributed by atoms with Crippen LogP contribution >= 0.6 is 0 Å². The Balaban J connectivity index is 2.04. The van der Waals surface area contributed by atoms with Crippen LogP contribution in [-0.2, 0) is 22.7 Å². The number of sulfone groups is 1. The molecule has 1 heterocycles. The van der Waals surface area contributed by atoms with Gasteiger partial charge in [-0.25, -0.2) is 13.1 Å². The number of hydrogen-bond acceptors (Lipinski definition) is 4. The van der Waals surface area contributed by atoms with Gasteiger partial charge in [0.1, 0.15) is 0 Å². The number of benzene rings is 2. The summed E-state index contributed by atoms with van der Waals surface area (Å²) in [6, 6.07) is 14.8. The van der Waals surface area contributed by atoms with E-state index in [1.807, 2.05) is 43.3 Å². The summed E-state index contributed by atoms with van der Waals surface area (Å²) in [5, 5.41) is 8.04. The second-order valence-electron chi connectivity index (χ2n) is 5.92. The fourth-order valence-electron chi connectivity index (χ4n) is 2.73. The maximum atomic E-state index is 12.9. The van der Waals surface area contributed by atoms with Crippen molar-refractivity contribution in [3.8, 4) is 5.69 Å². The first-order chi connectivity index (χ1) is 12.0. The molecule has 0 aliphatic heterocycles.